The van der Waals surface area contributed by atoms with Gasteiger partial charge in [-0.3, -0.25) is 15.1 Å². The highest BCUT2D eigenvalue weighted by molar-refractivity contribution is 7.15. The Morgan fingerprint density at radius 2 is 1.93 bits per heavy atom. The topological polar surface area (TPSA) is 94.3 Å². The van der Waals surface area contributed by atoms with E-state index in [0.29, 0.717) is 5.92 Å². The zero-order valence-corrected chi connectivity index (χ0v) is 23.2. The lowest BCUT2D eigenvalue weighted by molar-refractivity contribution is 0.373. The highest BCUT2D eigenvalue weighted by atomic mass is 32.1. The van der Waals surface area contributed by atoms with Crippen molar-refractivity contribution in [3.05, 3.63) is 84.3 Å². The first-order valence-electron chi connectivity index (χ1n) is 13.7. The SMILES string of the molecule is C=C(CC1CCNCC1)Nc1cncc(-c2cc3c(-c4cc5c(-c6ccc(C)s6)cccc5[nH]4)n[nH]c3cn2)c1. The Kier molecular flexibility index (Phi) is 6.42. The lowest BCUT2D eigenvalue weighted by Gasteiger charge is -2.23. The molecule has 1 fully saturated rings. The van der Waals surface area contributed by atoms with Crippen molar-refractivity contribution in [2.24, 2.45) is 5.92 Å². The molecule has 1 aliphatic heterocycles. The van der Waals surface area contributed by atoms with E-state index in [9.17, 15) is 0 Å². The molecule has 7 nitrogen and oxygen atoms in total. The summed E-state index contributed by atoms with van der Waals surface area (Å²) in [6, 6.07) is 17.2. The molecule has 1 aromatic carbocycles. The molecule has 1 aliphatic rings. The second-order valence-corrected chi connectivity index (χ2v) is 11.9. The Morgan fingerprint density at radius 1 is 1.02 bits per heavy atom. The maximum atomic E-state index is 4.72. The van der Waals surface area contributed by atoms with Crippen LogP contribution in [0.25, 0.3) is 54.9 Å². The van der Waals surface area contributed by atoms with Crippen molar-refractivity contribution in [2.75, 3.05) is 18.4 Å². The number of H-pyrrole nitrogens is 2. The Bertz CT molecular complexity index is 1840. The van der Waals surface area contributed by atoms with E-state index >= 15 is 0 Å². The van der Waals surface area contributed by atoms with Gasteiger partial charge in [0.15, 0.2) is 0 Å². The Balaban J connectivity index is 1.19. The van der Waals surface area contributed by atoms with Crippen LogP contribution in [0, 0.1) is 12.8 Å². The number of thiophene rings is 1. The minimum atomic E-state index is 0.677. The molecule has 1 saturated heterocycles. The fraction of sp³-hybridized carbons (Fsp3) is 0.219. The molecule has 0 aliphatic carbocycles. The van der Waals surface area contributed by atoms with Gasteiger partial charge in [-0.05, 0) is 81.6 Å². The summed E-state index contributed by atoms with van der Waals surface area (Å²) in [6.45, 7) is 8.61. The van der Waals surface area contributed by atoms with Crippen molar-refractivity contribution in [3.8, 4) is 33.1 Å². The number of fused-ring (bicyclic) bond motifs is 2. The van der Waals surface area contributed by atoms with Crippen LogP contribution in [0.1, 0.15) is 24.1 Å². The van der Waals surface area contributed by atoms with Crippen molar-refractivity contribution < 1.29 is 0 Å². The predicted molar refractivity (Wildman–Crippen MR) is 165 cm³/mol. The van der Waals surface area contributed by atoms with Crippen LogP contribution < -0.4 is 10.6 Å². The van der Waals surface area contributed by atoms with Crippen molar-refractivity contribution in [1.29, 1.82) is 0 Å². The van der Waals surface area contributed by atoms with Crippen LogP contribution >= 0.6 is 11.3 Å². The van der Waals surface area contributed by atoms with Gasteiger partial charge >= 0.3 is 0 Å². The summed E-state index contributed by atoms with van der Waals surface area (Å²) in [6.07, 6.45) is 8.91. The molecule has 8 heteroatoms. The Hall–Kier alpha value is -4.27. The molecule has 0 atom stereocenters. The van der Waals surface area contributed by atoms with E-state index in [1.807, 2.05) is 29.9 Å². The van der Waals surface area contributed by atoms with Gasteiger partial charge in [-0.1, -0.05) is 18.7 Å². The highest BCUT2D eigenvalue weighted by Crippen LogP contribution is 2.37. The first-order valence-corrected chi connectivity index (χ1v) is 14.6. The normalized spacial score (nSPS) is 14.2. The summed E-state index contributed by atoms with van der Waals surface area (Å²) >= 11 is 1.81. The number of aromatic nitrogens is 5. The van der Waals surface area contributed by atoms with Crippen molar-refractivity contribution in [3.63, 3.8) is 0 Å². The van der Waals surface area contributed by atoms with E-state index in [0.717, 1.165) is 70.0 Å². The number of aromatic amines is 2. The number of nitrogens with zero attached hydrogens (tertiary/aromatic N) is 3. The van der Waals surface area contributed by atoms with E-state index in [2.05, 4.69) is 92.8 Å². The molecule has 6 aromatic rings. The molecular weight excluding hydrogens is 514 g/mol. The van der Waals surface area contributed by atoms with E-state index in [4.69, 9.17) is 4.98 Å². The number of hydrogen-bond donors (Lipinski definition) is 4. The summed E-state index contributed by atoms with van der Waals surface area (Å²) in [7, 11) is 0. The summed E-state index contributed by atoms with van der Waals surface area (Å²) in [5, 5.41) is 16.9. The zero-order valence-electron chi connectivity index (χ0n) is 22.4. The number of rotatable bonds is 7. The molecule has 5 aromatic heterocycles. The number of piperidine rings is 1. The molecule has 0 spiro atoms. The summed E-state index contributed by atoms with van der Waals surface area (Å²) < 4.78 is 0. The standard InChI is InChI=1S/C32H31N7S/c1-19(12-21-8-10-33-11-9-21)36-23-13-22(16-34-17-23)28-15-26-30(18-35-28)38-39-32(26)29-14-25-24(4-3-5-27(25)37-29)31-7-6-20(2)40-31/h3-7,13-18,21,33,36-37H,1,8-12H2,2H3,(H,38,39). The zero-order chi connectivity index (χ0) is 27.1. The van der Waals surface area contributed by atoms with Gasteiger partial charge < -0.3 is 15.6 Å². The third kappa shape index (κ3) is 4.80. The van der Waals surface area contributed by atoms with E-state index in [1.54, 1.807) is 0 Å². The molecule has 0 unspecified atom stereocenters. The predicted octanol–water partition coefficient (Wildman–Crippen LogP) is 7.52. The van der Waals surface area contributed by atoms with Crippen molar-refractivity contribution in [1.82, 2.24) is 30.5 Å². The smallest absolute Gasteiger partial charge is 0.116 e. The number of benzene rings is 1. The maximum absolute atomic E-state index is 4.72. The van der Waals surface area contributed by atoms with E-state index < -0.39 is 0 Å². The fourth-order valence-corrected chi connectivity index (χ4v) is 6.60. The molecule has 0 bridgehead atoms. The number of pyridine rings is 2. The van der Waals surface area contributed by atoms with Crippen LogP contribution in [-0.2, 0) is 0 Å². The van der Waals surface area contributed by atoms with Crippen LogP contribution in [0.5, 0.6) is 0 Å². The molecule has 200 valence electrons. The van der Waals surface area contributed by atoms with Crippen molar-refractivity contribution >= 4 is 38.8 Å². The molecule has 0 amide bonds. The Morgan fingerprint density at radius 3 is 2.77 bits per heavy atom. The number of allylic oxidation sites excluding steroid dienone is 1. The first kappa shape index (κ1) is 24.7. The van der Waals surface area contributed by atoms with Gasteiger partial charge in [0.05, 0.1) is 35.0 Å². The number of nitrogens with one attached hydrogen (secondary N) is 4. The summed E-state index contributed by atoms with van der Waals surface area (Å²) in [5.41, 5.74) is 8.82. The molecule has 40 heavy (non-hydrogen) atoms. The molecule has 6 heterocycles. The van der Waals surface area contributed by atoms with Gasteiger partial charge in [0.1, 0.15) is 5.69 Å². The van der Waals surface area contributed by atoms with Crippen molar-refractivity contribution in [2.45, 2.75) is 26.2 Å². The molecule has 7 rings (SSSR count). The van der Waals surface area contributed by atoms with Gasteiger partial charge in [-0.15, -0.1) is 11.3 Å². The second kappa shape index (κ2) is 10.4. The quantitative estimate of drug-likeness (QED) is 0.166. The average molecular weight is 546 g/mol. The lowest BCUT2D eigenvalue weighted by Crippen LogP contribution is -2.28. The minimum absolute atomic E-state index is 0.677. The highest BCUT2D eigenvalue weighted by Gasteiger charge is 2.17. The lowest BCUT2D eigenvalue weighted by atomic mass is 9.93. The summed E-state index contributed by atoms with van der Waals surface area (Å²) in [4.78, 5) is 15.4. The van der Waals surface area contributed by atoms with E-state index in [1.165, 1.54) is 33.5 Å². The monoisotopic (exact) mass is 545 g/mol. The third-order valence-electron chi connectivity index (χ3n) is 7.72. The summed E-state index contributed by atoms with van der Waals surface area (Å²) in [5.74, 6) is 0.677. The molecule has 4 N–H and O–H groups in total. The third-order valence-corrected chi connectivity index (χ3v) is 8.76. The van der Waals surface area contributed by atoms with Gasteiger partial charge in [0.25, 0.3) is 0 Å². The van der Waals surface area contributed by atoms with Crippen LogP contribution in [-0.4, -0.2) is 38.2 Å². The molecule has 0 saturated carbocycles. The molecular formula is C32H31N7S. The Labute approximate surface area is 236 Å². The first-order chi connectivity index (χ1) is 19.6. The van der Waals surface area contributed by atoms with Gasteiger partial charge in [0.2, 0.25) is 0 Å². The largest absolute Gasteiger partial charge is 0.358 e. The fourth-order valence-electron chi connectivity index (χ4n) is 5.69. The molecule has 0 radical (unpaired) electrons. The van der Waals surface area contributed by atoms with Crippen LogP contribution in [0.15, 0.2) is 79.4 Å². The van der Waals surface area contributed by atoms with Gasteiger partial charge in [-0.25, -0.2) is 0 Å². The van der Waals surface area contributed by atoms with Crippen LogP contribution in [0.4, 0.5) is 5.69 Å². The van der Waals surface area contributed by atoms with Crippen LogP contribution in [0.3, 0.4) is 0 Å². The van der Waals surface area contributed by atoms with E-state index in [-0.39, 0.29) is 0 Å². The van der Waals surface area contributed by atoms with Gasteiger partial charge in [0, 0.05) is 49.1 Å². The number of anilines is 1. The van der Waals surface area contributed by atoms with Gasteiger partial charge in [-0.2, -0.15) is 5.10 Å². The maximum Gasteiger partial charge on any atom is 0.116 e. The van der Waals surface area contributed by atoms with Crippen LogP contribution in [0.2, 0.25) is 0 Å². The minimum Gasteiger partial charge on any atom is -0.358 e. The average Bonchev–Trinajstić information content (AvgIpc) is 3.71. The second-order valence-electron chi connectivity index (χ2n) is 10.6. The number of aryl methyl sites for hydroxylation is 1. The number of hydrogen-bond acceptors (Lipinski definition) is 6.